The van der Waals surface area contributed by atoms with E-state index in [2.05, 4.69) is 15.2 Å². The zero-order valence-corrected chi connectivity index (χ0v) is 27.8. The van der Waals surface area contributed by atoms with Crippen molar-refractivity contribution in [1.82, 2.24) is 19.0 Å². The molecule has 3 aromatic carbocycles. The van der Waals surface area contributed by atoms with Gasteiger partial charge in [-0.15, -0.1) is 0 Å². The number of piperidine rings is 1. The highest BCUT2D eigenvalue weighted by molar-refractivity contribution is 6.32. The number of halogens is 2. The van der Waals surface area contributed by atoms with E-state index < -0.39 is 17.4 Å². The van der Waals surface area contributed by atoms with Gasteiger partial charge in [-0.25, -0.2) is 9.18 Å². The first-order chi connectivity index (χ1) is 23.2. The van der Waals surface area contributed by atoms with Crippen LogP contribution in [0.2, 0.25) is 5.02 Å². The highest BCUT2D eigenvalue weighted by Gasteiger charge is 2.23. The number of amides is 1. The number of likely N-dealkylation sites (tertiary alicyclic amines) is 1. The summed E-state index contributed by atoms with van der Waals surface area (Å²) in [7, 11) is 3.06. The predicted octanol–water partition coefficient (Wildman–Crippen LogP) is 7.13. The molecule has 0 bridgehead atoms. The number of nitrogens with one attached hydrogen (secondary N) is 1. The van der Waals surface area contributed by atoms with Gasteiger partial charge in [0.2, 0.25) is 0 Å². The molecule has 1 aliphatic rings. The summed E-state index contributed by atoms with van der Waals surface area (Å²) >= 11 is 6.32. The Morgan fingerprint density at radius 1 is 1.00 bits per heavy atom. The van der Waals surface area contributed by atoms with Crippen LogP contribution in [0.4, 0.5) is 10.1 Å². The van der Waals surface area contributed by atoms with Gasteiger partial charge < -0.3 is 24.4 Å². The Hall–Kier alpha value is -4.87. The molecule has 10 nitrogen and oxygen atoms in total. The summed E-state index contributed by atoms with van der Waals surface area (Å²) in [5, 5.41) is 3.67. The molecule has 12 heteroatoms. The summed E-state index contributed by atoms with van der Waals surface area (Å²) in [6.45, 7) is 5.48. The lowest BCUT2D eigenvalue weighted by molar-refractivity contribution is 0.101. The number of pyridine rings is 1. The smallest absolute Gasteiger partial charge is 0.333 e. The van der Waals surface area contributed by atoms with Crippen molar-refractivity contribution in [2.45, 2.75) is 32.6 Å². The Bertz CT molecular complexity index is 2020. The van der Waals surface area contributed by atoms with E-state index in [1.807, 2.05) is 0 Å². The number of carbonyl (C=O) groups is 1. The number of anilines is 1. The van der Waals surface area contributed by atoms with E-state index in [0.717, 1.165) is 32.1 Å². The molecule has 0 spiro atoms. The van der Waals surface area contributed by atoms with Gasteiger partial charge >= 0.3 is 5.69 Å². The average molecular weight is 674 g/mol. The molecule has 6 rings (SSSR count). The zero-order valence-electron chi connectivity index (χ0n) is 27.1. The van der Waals surface area contributed by atoms with Crippen molar-refractivity contribution in [3.8, 4) is 28.7 Å². The maximum absolute atomic E-state index is 15.4. The third-order valence-corrected chi connectivity index (χ3v) is 8.84. The van der Waals surface area contributed by atoms with Crippen molar-refractivity contribution in [3.63, 3.8) is 0 Å². The molecule has 0 radical (unpaired) electrons. The monoisotopic (exact) mass is 673 g/mol. The van der Waals surface area contributed by atoms with E-state index in [4.69, 9.17) is 25.8 Å². The van der Waals surface area contributed by atoms with Crippen molar-refractivity contribution < 1.29 is 23.4 Å². The summed E-state index contributed by atoms with van der Waals surface area (Å²) in [5.74, 6) is 0.142. The number of para-hydroxylation sites is 1. The lowest BCUT2D eigenvalue weighted by Crippen LogP contribution is -2.31. The highest BCUT2D eigenvalue weighted by Crippen LogP contribution is 2.38. The number of methoxy groups -OCH3 is 1. The molecule has 1 amide bonds. The molecule has 0 aliphatic carbocycles. The molecule has 0 atom stereocenters. The Morgan fingerprint density at radius 3 is 2.54 bits per heavy atom. The molecular weight excluding hydrogens is 637 g/mol. The van der Waals surface area contributed by atoms with Crippen molar-refractivity contribution in [2.75, 3.05) is 38.7 Å². The molecule has 1 N–H and O–H groups in total. The maximum atomic E-state index is 15.4. The first kappa shape index (κ1) is 33.0. The fourth-order valence-electron chi connectivity index (χ4n) is 6.08. The van der Waals surface area contributed by atoms with Crippen LogP contribution < -0.4 is 25.2 Å². The molecule has 48 heavy (non-hydrogen) atoms. The lowest BCUT2D eigenvalue weighted by Gasteiger charge is -2.26. The van der Waals surface area contributed by atoms with Crippen LogP contribution in [-0.2, 0) is 7.05 Å². The predicted molar refractivity (Wildman–Crippen MR) is 184 cm³/mol. The van der Waals surface area contributed by atoms with Gasteiger partial charge in [-0.05, 0) is 75.7 Å². The third-order valence-electron chi connectivity index (χ3n) is 8.52. The summed E-state index contributed by atoms with van der Waals surface area (Å²) in [4.78, 5) is 33.3. The molecule has 0 saturated carbocycles. The van der Waals surface area contributed by atoms with Gasteiger partial charge in [0.15, 0.2) is 23.1 Å². The van der Waals surface area contributed by atoms with E-state index >= 15 is 4.39 Å². The van der Waals surface area contributed by atoms with Crippen LogP contribution >= 0.6 is 11.6 Å². The van der Waals surface area contributed by atoms with Gasteiger partial charge in [0.05, 0.1) is 35.6 Å². The van der Waals surface area contributed by atoms with Gasteiger partial charge in [0, 0.05) is 43.0 Å². The van der Waals surface area contributed by atoms with E-state index in [-0.39, 0.29) is 17.1 Å². The van der Waals surface area contributed by atoms with Crippen molar-refractivity contribution in [2.24, 2.45) is 7.05 Å². The largest absolute Gasteiger partial charge is 0.493 e. The number of rotatable bonds is 11. The number of ether oxygens (including phenoxy) is 3. The minimum Gasteiger partial charge on any atom is -0.493 e. The number of aromatic nitrogens is 3. The van der Waals surface area contributed by atoms with Gasteiger partial charge in [-0.2, -0.15) is 0 Å². The Kier molecular flexibility index (Phi) is 9.98. The van der Waals surface area contributed by atoms with E-state index in [1.54, 1.807) is 62.7 Å². The second kappa shape index (κ2) is 14.5. The molecule has 3 heterocycles. The van der Waals surface area contributed by atoms with Crippen molar-refractivity contribution >= 4 is 34.1 Å². The SMILES string of the molecule is COc1cc2c(Oc3ccc(NC(=O)c4c(C)n(-c5ccccc5Cl)c(=O)n4C)cc3F)ccnc2cc1OCCCN1CCCCC1. The van der Waals surface area contributed by atoms with Crippen molar-refractivity contribution in [3.05, 3.63) is 99.6 Å². The normalized spacial score (nSPS) is 13.4. The first-order valence-electron chi connectivity index (χ1n) is 15.9. The number of hydrogen-bond acceptors (Lipinski definition) is 7. The topological polar surface area (TPSA) is 99.9 Å². The standard InChI is InChI=1S/C36H37ClFN5O5/c1-23-34(41(2)36(45)43(23)29-11-6-5-10-26(29)37)35(44)40-24-12-13-31(27(38)20-24)48-30-14-15-39-28-22-33(32(46-3)21-25(28)30)47-19-9-18-42-16-7-4-8-17-42/h5-6,10-15,20-22H,4,7-9,16-19H2,1-3H3,(H,40,44). The zero-order chi connectivity index (χ0) is 33.8. The number of imidazole rings is 1. The average Bonchev–Trinajstić information content (AvgIpc) is 3.31. The van der Waals surface area contributed by atoms with E-state index in [1.165, 1.54) is 47.6 Å². The number of hydrogen-bond donors (Lipinski definition) is 1. The van der Waals surface area contributed by atoms with Crippen LogP contribution in [0.5, 0.6) is 23.0 Å². The van der Waals surface area contributed by atoms with Crippen LogP contribution in [-0.4, -0.2) is 58.3 Å². The summed E-state index contributed by atoms with van der Waals surface area (Å²) in [5.41, 5.74) is 1.31. The summed E-state index contributed by atoms with van der Waals surface area (Å²) < 4.78 is 35.7. The maximum Gasteiger partial charge on any atom is 0.333 e. The molecule has 5 aromatic rings. The quantitative estimate of drug-likeness (QED) is 0.149. The molecule has 2 aromatic heterocycles. The Labute approximate surface area is 282 Å². The Balaban J connectivity index is 1.16. The fraction of sp³-hybridized carbons (Fsp3) is 0.306. The minimum atomic E-state index is -0.697. The van der Waals surface area contributed by atoms with Gasteiger partial charge in [0.1, 0.15) is 11.4 Å². The fourth-order valence-corrected chi connectivity index (χ4v) is 6.30. The molecule has 1 aliphatic heterocycles. The molecular formula is C36H37ClFN5O5. The highest BCUT2D eigenvalue weighted by atomic mass is 35.5. The number of carbonyl (C=O) groups excluding carboxylic acids is 1. The van der Waals surface area contributed by atoms with E-state index in [9.17, 15) is 9.59 Å². The molecule has 1 saturated heterocycles. The van der Waals surface area contributed by atoms with Gasteiger partial charge in [0.25, 0.3) is 5.91 Å². The lowest BCUT2D eigenvalue weighted by atomic mass is 10.1. The molecule has 0 unspecified atom stereocenters. The van der Waals surface area contributed by atoms with Crippen LogP contribution in [0.25, 0.3) is 16.6 Å². The summed E-state index contributed by atoms with van der Waals surface area (Å²) in [6.07, 6.45) is 6.30. The van der Waals surface area contributed by atoms with Gasteiger partial charge in [-0.1, -0.05) is 30.2 Å². The van der Waals surface area contributed by atoms with Crippen LogP contribution in [0.3, 0.4) is 0 Å². The molecule has 1 fully saturated rings. The second-order valence-corrected chi connectivity index (χ2v) is 12.1. The minimum absolute atomic E-state index is 0.0500. The Morgan fingerprint density at radius 2 is 1.79 bits per heavy atom. The van der Waals surface area contributed by atoms with Gasteiger partial charge in [-0.3, -0.25) is 18.9 Å². The summed E-state index contributed by atoms with van der Waals surface area (Å²) in [6, 6.07) is 16.2. The number of benzene rings is 3. The number of nitrogens with zero attached hydrogens (tertiary/aromatic N) is 4. The third kappa shape index (κ3) is 6.88. The molecule has 250 valence electrons. The second-order valence-electron chi connectivity index (χ2n) is 11.7. The van der Waals surface area contributed by atoms with E-state index in [0.29, 0.717) is 51.2 Å². The number of fused-ring (bicyclic) bond motifs is 1. The van der Waals surface area contributed by atoms with Crippen LogP contribution in [0.1, 0.15) is 41.9 Å². The van der Waals surface area contributed by atoms with Crippen LogP contribution in [0, 0.1) is 12.7 Å². The van der Waals surface area contributed by atoms with Crippen LogP contribution in [0.15, 0.2) is 71.7 Å². The first-order valence-corrected chi connectivity index (χ1v) is 16.3. The van der Waals surface area contributed by atoms with Crippen molar-refractivity contribution in [1.29, 1.82) is 0 Å².